The fourth-order valence-corrected chi connectivity index (χ4v) is 3.38. The average Bonchev–Trinajstić information content (AvgIpc) is 2.60. The van der Waals surface area contributed by atoms with Gasteiger partial charge >= 0.3 is 5.97 Å². The molecule has 0 spiro atoms. The number of hydrogen-bond donors (Lipinski definition) is 1. The summed E-state index contributed by atoms with van der Waals surface area (Å²) >= 11 is 1.68. The van der Waals surface area contributed by atoms with Crippen LogP contribution in [0.15, 0.2) is 0 Å². The Morgan fingerprint density at radius 1 is 1.56 bits per heavy atom. The number of aryl methyl sites for hydroxylation is 2. The highest BCUT2D eigenvalue weighted by atomic mass is 32.1. The van der Waals surface area contributed by atoms with Gasteiger partial charge < -0.3 is 5.11 Å². The van der Waals surface area contributed by atoms with Gasteiger partial charge in [-0.2, -0.15) is 0 Å². The van der Waals surface area contributed by atoms with E-state index in [1.165, 1.54) is 4.88 Å². The predicted octanol–water partition coefficient (Wildman–Crippen LogP) is 2.45. The fraction of sp³-hybridized carbons (Fsp3) is 0.692. The maximum absolute atomic E-state index is 11.3. The topological polar surface area (TPSA) is 53.4 Å². The van der Waals surface area contributed by atoms with Gasteiger partial charge in [-0.05, 0) is 39.2 Å². The number of thiazole rings is 1. The number of aromatic nitrogens is 1. The molecule has 2 heterocycles. The third-order valence-electron chi connectivity index (χ3n) is 3.67. The Hall–Kier alpha value is -0.940. The molecule has 18 heavy (non-hydrogen) atoms. The maximum atomic E-state index is 11.3. The molecule has 1 saturated heterocycles. The van der Waals surface area contributed by atoms with Crippen LogP contribution in [0.25, 0.3) is 0 Å². The van der Waals surface area contributed by atoms with Crippen LogP contribution in [-0.2, 0) is 11.3 Å². The third kappa shape index (κ3) is 2.90. The zero-order valence-corrected chi connectivity index (χ0v) is 12.0. The lowest BCUT2D eigenvalue weighted by Gasteiger charge is -2.35. The van der Waals surface area contributed by atoms with E-state index in [0.717, 1.165) is 30.1 Å². The van der Waals surface area contributed by atoms with Crippen molar-refractivity contribution < 1.29 is 9.90 Å². The van der Waals surface area contributed by atoms with Crippen LogP contribution >= 0.6 is 11.3 Å². The van der Waals surface area contributed by atoms with Crippen molar-refractivity contribution in [2.75, 3.05) is 6.54 Å². The Labute approximate surface area is 112 Å². The van der Waals surface area contributed by atoms with Gasteiger partial charge in [-0.15, -0.1) is 11.3 Å². The molecule has 0 amide bonds. The van der Waals surface area contributed by atoms with Crippen LogP contribution < -0.4 is 0 Å². The molecule has 1 N–H and O–H groups in total. The molecule has 100 valence electrons. The van der Waals surface area contributed by atoms with Crippen molar-refractivity contribution in [2.24, 2.45) is 5.92 Å². The van der Waals surface area contributed by atoms with Crippen molar-refractivity contribution in [2.45, 2.75) is 46.2 Å². The summed E-state index contributed by atoms with van der Waals surface area (Å²) in [5, 5.41) is 10.3. The number of rotatable bonds is 3. The lowest BCUT2D eigenvalue weighted by atomic mass is 9.92. The number of carboxylic acid groups (broad SMARTS) is 1. The van der Waals surface area contributed by atoms with Gasteiger partial charge in [0, 0.05) is 4.88 Å². The summed E-state index contributed by atoms with van der Waals surface area (Å²) in [7, 11) is 0. The quantitative estimate of drug-likeness (QED) is 0.915. The molecule has 1 aliphatic rings. The largest absolute Gasteiger partial charge is 0.480 e. The van der Waals surface area contributed by atoms with E-state index in [2.05, 4.69) is 23.7 Å². The Kier molecular flexibility index (Phi) is 4.02. The van der Waals surface area contributed by atoms with Crippen LogP contribution in [-0.4, -0.2) is 33.5 Å². The minimum absolute atomic E-state index is 0.349. The van der Waals surface area contributed by atoms with Gasteiger partial charge in [0.15, 0.2) is 0 Å². The molecule has 1 aliphatic heterocycles. The molecular formula is C13H20N2O2S. The summed E-state index contributed by atoms with van der Waals surface area (Å²) in [5.74, 6) is -0.200. The van der Waals surface area contributed by atoms with E-state index >= 15 is 0 Å². The van der Waals surface area contributed by atoms with E-state index in [9.17, 15) is 9.90 Å². The van der Waals surface area contributed by atoms with E-state index in [1.54, 1.807) is 11.3 Å². The molecule has 0 radical (unpaired) electrons. The molecule has 5 heteroatoms. The summed E-state index contributed by atoms with van der Waals surface area (Å²) in [6.45, 7) is 7.72. The van der Waals surface area contributed by atoms with E-state index in [-0.39, 0.29) is 6.04 Å². The fourth-order valence-electron chi connectivity index (χ4n) is 2.42. The van der Waals surface area contributed by atoms with Gasteiger partial charge in [-0.25, -0.2) is 4.98 Å². The molecule has 1 aromatic heterocycles. The standard InChI is InChI=1S/C13H20N2O2S/c1-8-4-5-15(11(6-8)13(16)17)7-12-14-9(2)10(3)18-12/h8,11H,4-7H2,1-3H3,(H,16,17). The first-order chi connectivity index (χ1) is 8.47. The van der Waals surface area contributed by atoms with Gasteiger partial charge in [0.05, 0.1) is 12.2 Å². The highest BCUT2D eigenvalue weighted by Gasteiger charge is 2.32. The third-order valence-corrected chi connectivity index (χ3v) is 4.73. The molecule has 0 saturated carbocycles. The highest BCUT2D eigenvalue weighted by Crippen LogP contribution is 2.26. The van der Waals surface area contributed by atoms with E-state index in [4.69, 9.17) is 0 Å². The van der Waals surface area contributed by atoms with E-state index < -0.39 is 5.97 Å². The van der Waals surface area contributed by atoms with Crippen molar-refractivity contribution in [1.82, 2.24) is 9.88 Å². The molecule has 2 rings (SSSR count). The van der Waals surface area contributed by atoms with Crippen LogP contribution in [0.4, 0.5) is 0 Å². The van der Waals surface area contributed by atoms with E-state index in [0.29, 0.717) is 12.5 Å². The summed E-state index contributed by atoms with van der Waals surface area (Å²) in [5.41, 5.74) is 1.06. The van der Waals surface area contributed by atoms with Gasteiger partial charge in [0.25, 0.3) is 0 Å². The van der Waals surface area contributed by atoms with Crippen molar-refractivity contribution in [3.63, 3.8) is 0 Å². The van der Waals surface area contributed by atoms with Crippen molar-refractivity contribution in [3.8, 4) is 0 Å². The molecule has 0 aliphatic carbocycles. The van der Waals surface area contributed by atoms with E-state index in [1.807, 2.05) is 6.92 Å². The second-order valence-corrected chi connectivity index (χ2v) is 6.49. The zero-order valence-electron chi connectivity index (χ0n) is 11.1. The Morgan fingerprint density at radius 3 is 2.83 bits per heavy atom. The summed E-state index contributed by atoms with van der Waals surface area (Å²) in [6.07, 6.45) is 1.83. The SMILES string of the molecule is Cc1nc(CN2CCC(C)CC2C(=O)O)sc1C. The van der Waals surface area contributed by atoms with Gasteiger partial charge in [0.2, 0.25) is 0 Å². The smallest absolute Gasteiger partial charge is 0.320 e. The number of hydrogen-bond acceptors (Lipinski definition) is 4. The first kappa shape index (κ1) is 13.5. The molecule has 2 unspecified atom stereocenters. The summed E-state index contributed by atoms with van der Waals surface area (Å²) in [6, 6.07) is -0.349. The minimum Gasteiger partial charge on any atom is -0.480 e. The number of nitrogens with zero attached hydrogens (tertiary/aromatic N) is 2. The van der Waals surface area contributed by atoms with Gasteiger partial charge in [0.1, 0.15) is 11.0 Å². The van der Waals surface area contributed by atoms with Gasteiger partial charge in [-0.3, -0.25) is 9.69 Å². The first-order valence-electron chi connectivity index (χ1n) is 6.37. The number of piperidine rings is 1. The van der Waals surface area contributed by atoms with Crippen LogP contribution in [0, 0.1) is 19.8 Å². The number of carbonyl (C=O) groups is 1. The Morgan fingerprint density at radius 2 is 2.28 bits per heavy atom. The molecule has 1 aromatic rings. The monoisotopic (exact) mass is 268 g/mol. The Bertz CT molecular complexity index is 425. The average molecular weight is 268 g/mol. The van der Waals surface area contributed by atoms with Crippen molar-refractivity contribution >= 4 is 17.3 Å². The van der Waals surface area contributed by atoms with Crippen LogP contribution in [0.2, 0.25) is 0 Å². The second kappa shape index (κ2) is 5.36. The molecule has 0 aromatic carbocycles. The zero-order chi connectivity index (χ0) is 13.3. The highest BCUT2D eigenvalue weighted by molar-refractivity contribution is 7.11. The Balaban J connectivity index is 2.09. The summed E-state index contributed by atoms with van der Waals surface area (Å²) in [4.78, 5) is 19.1. The molecule has 1 fully saturated rings. The molecule has 0 bridgehead atoms. The normalized spacial score (nSPS) is 25.3. The lowest BCUT2D eigenvalue weighted by Crippen LogP contribution is -2.46. The van der Waals surface area contributed by atoms with Crippen LogP contribution in [0.5, 0.6) is 0 Å². The number of aliphatic carboxylic acids is 1. The lowest BCUT2D eigenvalue weighted by molar-refractivity contribution is -0.145. The molecule has 4 nitrogen and oxygen atoms in total. The van der Waals surface area contributed by atoms with Crippen molar-refractivity contribution in [3.05, 3.63) is 15.6 Å². The van der Waals surface area contributed by atoms with Gasteiger partial charge in [-0.1, -0.05) is 6.92 Å². The maximum Gasteiger partial charge on any atom is 0.320 e. The summed E-state index contributed by atoms with van der Waals surface area (Å²) < 4.78 is 0. The molecule has 2 atom stereocenters. The van der Waals surface area contributed by atoms with Crippen LogP contribution in [0.1, 0.15) is 35.3 Å². The molecular weight excluding hydrogens is 248 g/mol. The predicted molar refractivity (Wildman–Crippen MR) is 71.8 cm³/mol. The second-order valence-electron chi connectivity index (χ2n) is 5.20. The van der Waals surface area contributed by atoms with Crippen molar-refractivity contribution in [1.29, 1.82) is 0 Å². The minimum atomic E-state index is -0.702. The van der Waals surface area contributed by atoms with Crippen LogP contribution in [0.3, 0.4) is 0 Å². The number of likely N-dealkylation sites (tertiary alicyclic amines) is 1. The first-order valence-corrected chi connectivity index (χ1v) is 7.18. The number of carboxylic acids is 1.